The van der Waals surface area contributed by atoms with E-state index in [4.69, 9.17) is 9.16 Å². The fraction of sp³-hybridized carbons (Fsp3) is 0.364. The molecule has 0 spiro atoms. The lowest BCUT2D eigenvalue weighted by Crippen LogP contribution is -2.52. The van der Waals surface area contributed by atoms with Gasteiger partial charge in [0, 0.05) is 0 Å². The molecule has 0 fully saturated rings. The van der Waals surface area contributed by atoms with Crippen LogP contribution in [0.15, 0.2) is 104 Å². The molecular formula is C33H42O4Si. The van der Waals surface area contributed by atoms with E-state index in [1.807, 2.05) is 91.0 Å². The van der Waals surface area contributed by atoms with E-state index in [1.165, 1.54) is 0 Å². The minimum atomic E-state index is -2.25. The first-order valence-electron chi connectivity index (χ1n) is 13.2. The third kappa shape index (κ3) is 6.07. The van der Waals surface area contributed by atoms with E-state index in [0.29, 0.717) is 0 Å². The van der Waals surface area contributed by atoms with E-state index in [9.17, 15) is 9.90 Å². The number of carbonyl (C=O) groups excluding carboxylic acids is 1. The van der Waals surface area contributed by atoms with E-state index in [-0.39, 0.29) is 11.6 Å². The molecule has 0 radical (unpaired) electrons. The molecule has 3 aromatic carbocycles. The lowest BCUT2D eigenvalue weighted by atomic mass is 9.78. The highest BCUT2D eigenvalue weighted by atomic mass is 28.4. The zero-order valence-electron chi connectivity index (χ0n) is 23.6. The van der Waals surface area contributed by atoms with Gasteiger partial charge in [0.2, 0.25) is 0 Å². The predicted octanol–water partition coefficient (Wildman–Crippen LogP) is 7.14. The van der Waals surface area contributed by atoms with Crippen molar-refractivity contribution in [2.45, 2.75) is 63.6 Å². The Bertz CT molecular complexity index is 1080. The summed E-state index contributed by atoms with van der Waals surface area (Å²) in [5.41, 5.74) is 0.525. The maximum Gasteiger partial charge on any atom is 0.193 e. The van der Waals surface area contributed by atoms with Crippen molar-refractivity contribution < 1.29 is 19.1 Å². The molecule has 3 atom stereocenters. The number of rotatable bonds is 12. The Kier molecular flexibility index (Phi) is 9.32. The van der Waals surface area contributed by atoms with Gasteiger partial charge in [-0.15, -0.1) is 6.58 Å². The number of aliphatic hydroxyl groups excluding tert-OH is 1. The van der Waals surface area contributed by atoms with Gasteiger partial charge in [0.15, 0.2) is 8.32 Å². The highest BCUT2D eigenvalue weighted by Gasteiger charge is 2.46. The molecule has 0 saturated heterocycles. The van der Waals surface area contributed by atoms with Gasteiger partial charge in [0.1, 0.15) is 11.9 Å². The molecule has 202 valence electrons. The van der Waals surface area contributed by atoms with Crippen LogP contribution in [0.25, 0.3) is 0 Å². The zero-order valence-corrected chi connectivity index (χ0v) is 24.6. The van der Waals surface area contributed by atoms with Crippen LogP contribution in [0.2, 0.25) is 18.1 Å². The molecule has 0 bridgehead atoms. The molecule has 3 rings (SSSR count). The summed E-state index contributed by atoms with van der Waals surface area (Å²) in [5, 5.41) is 11.5. The first-order valence-corrected chi connectivity index (χ1v) is 16.1. The van der Waals surface area contributed by atoms with E-state index in [1.54, 1.807) is 13.0 Å². The molecule has 0 aromatic heterocycles. The zero-order chi connectivity index (χ0) is 28.0. The second kappa shape index (κ2) is 11.9. The minimum Gasteiger partial charge on any atom is -0.408 e. The van der Waals surface area contributed by atoms with Gasteiger partial charge >= 0.3 is 0 Å². The average Bonchev–Trinajstić information content (AvgIpc) is 2.92. The third-order valence-corrected chi connectivity index (χ3v) is 12.3. The van der Waals surface area contributed by atoms with E-state index in [2.05, 4.69) is 40.4 Å². The number of ether oxygens (including phenoxy) is 1. The maximum atomic E-state index is 12.7. The third-order valence-electron chi connectivity index (χ3n) is 7.87. The summed E-state index contributed by atoms with van der Waals surface area (Å²) in [7, 11) is -2.25. The second-order valence-electron chi connectivity index (χ2n) is 11.7. The highest BCUT2D eigenvalue weighted by molar-refractivity contribution is 6.74. The fourth-order valence-corrected chi connectivity index (χ4v) is 5.61. The molecular weight excluding hydrogens is 488 g/mol. The molecule has 0 heterocycles. The van der Waals surface area contributed by atoms with Crippen LogP contribution in [0.4, 0.5) is 0 Å². The smallest absolute Gasteiger partial charge is 0.193 e. The van der Waals surface area contributed by atoms with Gasteiger partial charge < -0.3 is 19.1 Å². The first kappa shape index (κ1) is 29.7. The molecule has 38 heavy (non-hydrogen) atoms. The fourth-order valence-electron chi connectivity index (χ4n) is 4.36. The minimum absolute atomic E-state index is 0.0401. The summed E-state index contributed by atoms with van der Waals surface area (Å²) >= 11 is 0. The van der Waals surface area contributed by atoms with Crippen molar-refractivity contribution in [2.24, 2.45) is 5.41 Å². The largest absolute Gasteiger partial charge is 0.408 e. The van der Waals surface area contributed by atoms with Gasteiger partial charge in [-0.3, -0.25) is 0 Å². The van der Waals surface area contributed by atoms with Crippen molar-refractivity contribution in [3.63, 3.8) is 0 Å². The van der Waals surface area contributed by atoms with Gasteiger partial charge in [-0.2, -0.15) is 0 Å². The standard InChI is InChI=1S/C33H42O4Si/c1-8-29(37-38(6,7)31(2,3)4)30(35)32(5,24-34)25-36-33(26-18-12-9-13-19-26,27-20-14-10-15-21-27)28-22-16-11-17-23-28/h8-24,29-30,35H,1,25H2,2-7H3/t29-,30+,32-/m1/s1. The molecule has 0 unspecified atom stereocenters. The Morgan fingerprint density at radius 1 is 0.816 bits per heavy atom. The number of hydrogen-bond donors (Lipinski definition) is 1. The SMILES string of the molecule is C=C[C@@H](O[Si](C)(C)C(C)(C)C)[C@H](O)[C@](C)(C=O)COC(c1ccccc1)(c1ccccc1)c1ccccc1. The molecule has 0 aliphatic heterocycles. The second-order valence-corrected chi connectivity index (χ2v) is 16.5. The van der Waals surface area contributed by atoms with Gasteiger partial charge in [0.05, 0.1) is 24.2 Å². The van der Waals surface area contributed by atoms with Crippen LogP contribution in [-0.2, 0) is 19.6 Å². The Hall–Kier alpha value is -2.83. The number of carbonyl (C=O) groups is 1. The van der Waals surface area contributed by atoms with E-state index >= 15 is 0 Å². The van der Waals surface area contributed by atoms with Crippen molar-refractivity contribution in [3.8, 4) is 0 Å². The van der Waals surface area contributed by atoms with Crippen LogP contribution in [-0.4, -0.2) is 38.5 Å². The average molecular weight is 531 g/mol. The van der Waals surface area contributed by atoms with Crippen molar-refractivity contribution in [2.75, 3.05) is 6.61 Å². The number of benzene rings is 3. The predicted molar refractivity (Wildman–Crippen MR) is 158 cm³/mol. The molecule has 0 aliphatic carbocycles. The summed E-state index contributed by atoms with van der Waals surface area (Å²) in [4.78, 5) is 12.7. The van der Waals surface area contributed by atoms with Gasteiger partial charge in [-0.05, 0) is 41.7 Å². The normalized spacial score (nSPS) is 15.8. The van der Waals surface area contributed by atoms with E-state index < -0.39 is 31.5 Å². The summed E-state index contributed by atoms with van der Waals surface area (Å²) in [6, 6.07) is 30.0. The topological polar surface area (TPSA) is 55.8 Å². The lowest BCUT2D eigenvalue weighted by molar-refractivity contribution is -0.139. The quantitative estimate of drug-likeness (QED) is 0.117. The lowest BCUT2D eigenvalue weighted by Gasteiger charge is -2.43. The van der Waals surface area contributed by atoms with Gasteiger partial charge in [-0.25, -0.2) is 0 Å². The Balaban J connectivity index is 2.07. The van der Waals surface area contributed by atoms with Crippen LogP contribution in [0, 0.1) is 5.41 Å². The summed E-state index contributed by atoms with van der Waals surface area (Å²) in [5.74, 6) is 0. The van der Waals surface area contributed by atoms with Crippen LogP contribution in [0.3, 0.4) is 0 Å². The molecule has 5 heteroatoms. The molecule has 4 nitrogen and oxygen atoms in total. The van der Waals surface area contributed by atoms with Crippen molar-refractivity contribution in [1.82, 2.24) is 0 Å². The summed E-state index contributed by atoms with van der Waals surface area (Å²) in [6.45, 7) is 16.3. The van der Waals surface area contributed by atoms with Gasteiger partial charge in [-0.1, -0.05) is 118 Å². The number of aliphatic hydroxyl groups is 1. The van der Waals surface area contributed by atoms with Crippen LogP contribution in [0.1, 0.15) is 44.4 Å². The van der Waals surface area contributed by atoms with Gasteiger partial charge in [0.25, 0.3) is 0 Å². The summed E-state index contributed by atoms with van der Waals surface area (Å²) < 4.78 is 13.4. The summed E-state index contributed by atoms with van der Waals surface area (Å²) in [6.07, 6.45) is 0.529. The van der Waals surface area contributed by atoms with Crippen LogP contribution >= 0.6 is 0 Å². The highest BCUT2D eigenvalue weighted by Crippen LogP contribution is 2.43. The Labute approximate surface area is 229 Å². The maximum absolute atomic E-state index is 12.7. The molecule has 0 aliphatic rings. The first-order chi connectivity index (χ1) is 17.9. The van der Waals surface area contributed by atoms with Crippen LogP contribution < -0.4 is 0 Å². The molecule has 0 amide bonds. The van der Waals surface area contributed by atoms with Crippen molar-refractivity contribution >= 4 is 14.6 Å². The number of aldehydes is 1. The van der Waals surface area contributed by atoms with Crippen molar-refractivity contribution in [1.29, 1.82) is 0 Å². The van der Waals surface area contributed by atoms with Crippen LogP contribution in [0.5, 0.6) is 0 Å². The number of hydrogen-bond acceptors (Lipinski definition) is 4. The van der Waals surface area contributed by atoms with Crippen molar-refractivity contribution in [3.05, 3.63) is 120 Å². The molecule has 0 saturated carbocycles. The monoisotopic (exact) mass is 530 g/mol. The molecule has 3 aromatic rings. The van der Waals surface area contributed by atoms with E-state index in [0.717, 1.165) is 23.0 Å². The molecule has 1 N–H and O–H groups in total. The Morgan fingerprint density at radius 3 is 1.53 bits per heavy atom. The Morgan fingerprint density at radius 2 is 1.21 bits per heavy atom.